The molecular formula is C23H27F5OSi. The second-order valence-electron chi connectivity index (χ2n) is 8.14. The van der Waals surface area contributed by atoms with Gasteiger partial charge in [-0.2, -0.15) is 0 Å². The minimum Gasteiger partial charge on any atom is -0.406 e. The van der Waals surface area contributed by atoms with Gasteiger partial charge in [0.05, 0.1) is 0 Å². The number of benzene rings is 2. The third-order valence-corrected chi connectivity index (χ3v) is 9.52. The zero-order valence-electron chi connectivity index (χ0n) is 17.1. The molecule has 1 aliphatic rings. The van der Waals surface area contributed by atoms with Crippen molar-refractivity contribution >= 4 is 8.80 Å². The van der Waals surface area contributed by atoms with E-state index in [1.165, 1.54) is 49.5 Å². The van der Waals surface area contributed by atoms with Gasteiger partial charge < -0.3 is 4.74 Å². The van der Waals surface area contributed by atoms with E-state index in [2.05, 4.69) is 11.7 Å². The van der Waals surface area contributed by atoms with Crippen LogP contribution < -0.4 is 4.74 Å². The van der Waals surface area contributed by atoms with Crippen LogP contribution in [0.4, 0.5) is 22.0 Å². The van der Waals surface area contributed by atoms with E-state index < -0.39 is 32.5 Å². The average Bonchev–Trinajstić information content (AvgIpc) is 2.68. The van der Waals surface area contributed by atoms with Crippen molar-refractivity contribution < 1.29 is 26.7 Å². The molecule has 164 valence electrons. The van der Waals surface area contributed by atoms with Crippen LogP contribution in [0.15, 0.2) is 36.4 Å². The summed E-state index contributed by atoms with van der Waals surface area (Å²) < 4.78 is 69.6. The Morgan fingerprint density at radius 3 is 2.13 bits per heavy atom. The number of hydrogen-bond donors (Lipinski definition) is 0. The van der Waals surface area contributed by atoms with Gasteiger partial charge in [0.1, 0.15) is 17.4 Å². The number of halogens is 5. The summed E-state index contributed by atoms with van der Waals surface area (Å²) in [5.74, 6) is -1.85. The van der Waals surface area contributed by atoms with Crippen molar-refractivity contribution in [3.05, 3.63) is 53.6 Å². The Hall–Kier alpha value is -1.89. The monoisotopic (exact) mass is 442 g/mol. The molecule has 0 spiro atoms. The molecule has 0 amide bonds. The summed E-state index contributed by atoms with van der Waals surface area (Å²) in [5.41, 5.74) is 0.882. The van der Waals surface area contributed by atoms with Crippen molar-refractivity contribution in [1.82, 2.24) is 0 Å². The lowest BCUT2D eigenvalue weighted by atomic mass is 9.91. The molecule has 1 fully saturated rings. The van der Waals surface area contributed by atoms with Crippen molar-refractivity contribution in [2.24, 2.45) is 0 Å². The van der Waals surface area contributed by atoms with Crippen molar-refractivity contribution in [1.29, 1.82) is 0 Å². The Morgan fingerprint density at radius 1 is 0.933 bits per heavy atom. The van der Waals surface area contributed by atoms with Gasteiger partial charge in [0.2, 0.25) is 0 Å². The lowest BCUT2D eigenvalue weighted by Gasteiger charge is -2.28. The molecule has 0 aliphatic carbocycles. The predicted molar refractivity (Wildman–Crippen MR) is 112 cm³/mol. The van der Waals surface area contributed by atoms with Crippen LogP contribution in [-0.4, -0.2) is 15.2 Å². The highest BCUT2D eigenvalue weighted by Gasteiger charge is 2.31. The molecule has 0 radical (unpaired) electrons. The second-order valence-corrected chi connectivity index (χ2v) is 11.6. The maximum atomic E-state index is 14.8. The summed E-state index contributed by atoms with van der Waals surface area (Å²) in [7, 11) is -0.654. The molecule has 0 unspecified atom stereocenters. The largest absolute Gasteiger partial charge is 0.573 e. The number of ether oxygens (including phenoxy) is 1. The van der Waals surface area contributed by atoms with Gasteiger partial charge in [-0.25, -0.2) is 8.78 Å². The molecule has 0 aromatic heterocycles. The van der Waals surface area contributed by atoms with E-state index in [1.54, 1.807) is 0 Å². The van der Waals surface area contributed by atoms with E-state index in [9.17, 15) is 22.0 Å². The summed E-state index contributed by atoms with van der Waals surface area (Å²) in [4.78, 5) is 0. The second kappa shape index (κ2) is 9.94. The van der Waals surface area contributed by atoms with Gasteiger partial charge in [-0.1, -0.05) is 56.5 Å². The molecular weight excluding hydrogens is 415 g/mol. The molecule has 1 heterocycles. The Bertz CT molecular complexity index is 844. The van der Waals surface area contributed by atoms with Crippen LogP contribution in [0, 0.1) is 11.6 Å². The van der Waals surface area contributed by atoms with E-state index in [-0.39, 0.29) is 11.1 Å². The first kappa shape index (κ1) is 22.8. The topological polar surface area (TPSA) is 9.23 Å². The molecule has 7 heteroatoms. The van der Waals surface area contributed by atoms with Gasteiger partial charge in [0.15, 0.2) is 0 Å². The van der Waals surface area contributed by atoms with Crippen LogP contribution in [0.3, 0.4) is 0 Å². The third-order valence-electron chi connectivity index (χ3n) is 5.99. The minimum atomic E-state index is -4.90. The van der Waals surface area contributed by atoms with Crippen LogP contribution in [0.1, 0.15) is 50.5 Å². The maximum Gasteiger partial charge on any atom is 0.573 e. The first-order valence-corrected chi connectivity index (χ1v) is 13.1. The van der Waals surface area contributed by atoms with E-state index >= 15 is 0 Å². The average molecular weight is 443 g/mol. The Kier molecular flexibility index (Phi) is 7.55. The fourth-order valence-electron chi connectivity index (χ4n) is 4.38. The number of unbranched alkanes of at least 4 members (excludes halogenated alkanes) is 2. The number of rotatable bonds is 7. The molecule has 2 aromatic rings. The molecule has 30 heavy (non-hydrogen) atoms. The number of alkyl halides is 3. The van der Waals surface area contributed by atoms with Crippen LogP contribution in [0.2, 0.25) is 18.1 Å². The van der Waals surface area contributed by atoms with Crippen LogP contribution in [0.5, 0.6) is 5.75 Å². The maximum absolute atomic E-state index is 14.8. The van der Waals surface area contributed by atoms with Crippen molar-refractivity contribution in [3.63, 3.8) is 0 Å². The van der Waals surface area contributed by atoms with Gasteiger partial charge in [-0.15, -0.1) is 13.2 Å². The smallest absolute Gasteiger partial charge is 0.406 e. The van der Waals surface area contributed by atoms with Crippen LogP contribution in [-0.2, 0) is 0 Å². The molecule has 0 N–H and O–H groups in total. The lowest BCUT2D eigenvalue weighted by molar-refractivity contribution is -0.274. The SMILES string of the molecule is CCCCC[SiH]1CCC(c2ccc(-c3ccc(OC(F)(F)F)cc3F)c(F)c2)CC1. The zero-order chi connectivity index (χ0) is 21.7. The summed E-state index contributed by atoms with van der Waals surface area (Å²) in [5, 5.41) is 0. The van der Waals surface area contributed by atoms with Gasteiger partial charge in [0, 0.05) is 26.0 Å². The first-order valence-electron chi connectivity index (χ1n) is 10.6. The van der Waals surface area contributed by atoms with E-state index in [0.717, 1.165) is 30.5 Å². The minimum absolute atomic E-state index is 0.0393. The molecule has 1 nitrogen and oxygen atoms in total. The zero-order valence-corrected chi connectivity index (χ0v) is 18.2. The highest BCUT2D eigenvalue weighted by Crippen LogP contribution is 2.37. The Morgan fingerprint density at radius 2 is 1.57 bits per heavy atom. The molecule has 0 bridgehead atoms. The third kappa shape index (κ3) is 6.06. The fourth-order valence-corrected chi connectivity index (χ4v) is 7.86. The van der Waals surface area contributed by atoms with Gasteiger partial charge in [-0.05, 0) is 42.5 Å². The fraction of sp³-hybridized carbons (Fsp3) is 0.478. The van der Waals surface area contributed by atoms with E-state index in [1.807, 2.05) is 6.07 Å². The quantitative estimate of drug-likeness (QED) is 0.241. The molecule has 3 rings (SSSR count). The molecule has 2 aromatic carbocycles. The Labute approximate surface area is 175 Å². The van der Waals surface area contributed by atoms with Crippen LogP contribution in [0.25, 0.3) is 11.1 Å². The molecule has 1 saturated heterocycles. The van der Waals surface area contributed by atoms with Gasteiger partial charge >= 0.3 is 6.36 Å². The highest BCUT2D eigenvalue weighted by molar-refractivity contribution is 6.59. The lowest BCUT2D eigenvalue weighted by Crippen LogP contribution is -2.20. The standard InChI is InChI=1S/C23H27F5OSi/c1-2-3-4-11-30-12-9-16(10-13-30)17-5-7-19(21(24)14-17)20-8-6-18(15-22(20)25)29-23(26,27)28/h5-8,14-16,30H,2-4,9-13H2,1H3. The molecule has 1 aliphatic heterocycles. The van der Waals surface area contributed by atoms with Crippen molar-refractivity contribution in [3.8, 4) is 16.9 Å². The number of hydrogen-bond acceptors (Lipinski definition) is 1. The Balaban J connectivity index is 1.67. The predicted octanol–water partition coefficient (Wildman–Crippen LogP) is 7.83. The normalized spacial score (nSPS) is 19.7. The summed E-state index contributed by atoms with van der Waals surface area (Å²) in [6.45, 7) is 2.22. The molecule has 0 saturated carbocycles. The summed E-state index contributed by atoms with van der Waals surface area (Å²) in [6, 6.07) is 11.5. The van der Waals surface area contributed by atoms with Gasteiger partial charge in [-0.3, -0.25) is 0 Å². The highest BCUT2D eigenvalue weighted by atomic mass is 28.3. The van der Waals surface area contributed by atoms with E-state index in [0.29, 0.717) is 12.0 Å². The van der Waals surface area contributed by atoms with Gasteiger partial charge in [0.25, 0.3) is 0 Å². The van der Waals surface area contributed by atoms with Crippen LogP contribution >= 0.6 is 0 Å². The van der Waals surface area contributed by atoms with Crippen molar-refractivity contribution in [2.45, 2.75) is 69.4 Å². The summed E-state index contributed by atoms with van der Waals surface area (Å²) >= 11 is 0. The van der Waals surface area contributed by atoms with E-state index in [4.69, 9.17) is 0 Å². The van der Waals surface area contributed by atoms with Crippen molar-refractivity contribution in [2.75, 3.05) is 0 Å². The molecule has 0 atom stereocenters. The first-order chi connectivity index (χ1) is 14.3. The summed E-state index contributed by atoms with van der Waals surface area (Å²) in [6.07, 6.45) is 1.14.